The Morgan fingerprint density at radius 3 is 2.62 bits per heavy atom. The van der Waals surface area contributed by atoms with E-state index in [-0.39, 0.29) is 6.61 Å². The van der Waals surface area contributed by atoms with Crippen molar-refractivity contribution in [2.45, 2.75) is 19.4 Å². The first-order valence-electron chi connectivity index (χ1n) is 4.05. The molecular weight excluding hydrogens is 236 g/mol. The van der Waals surface area contributed by atoms with Crippen molar-refractivity contribution in [3.05, 3.63) is 15.9 Å². The summed E-state index contributed by atoms with van der Waals surface area (Å²) in [6, 6.07) is 0. The molecule has 0 radical (unpaired) electrons. The molecule has 74 valence electrons. The number of nitrogens with zero attached hydrogens (tertiary/aromatic N) is 2. The molecule has 1 unspecified atom stereocenters. The summed E-state index contributed by atoms with van der Waals surface area (Å²) in [7, 11) is 1.81. The van der Waals surface area contributed by atoms with E-state index in [9.17, 15) is 5.11 Å². The maximum atomic E-state index is 9.57. The molecule has 1 rings (SSSR count). The molecule has 1 aromatic rings. The summed E-state index contributed by atoms with van der Waals surface area (Å²) in [6.07, 6.45) is -0.381. The number of hydrogen-bond acceptors (Lipinski definition) is 3. The molecule has 0 spiro atoms. The van der Waals surface area contributed by atoms with Gasteiger partial charge in [-0.25, -0.2) is 0 Å². The zero-order valence-corrected chi connectivity index (χ0v) is 9.24. The number of hydrogen-bond donors (Lipinski definition) is 2. The molecule has 1 aromatic heterocycles. The molecule has 13 heavy (non-hydrogen) atoms. The van der Waals surface area contributed by atoms with Gasteiger partial charge in [-0.05, 0) is 22.9 Å². The van der Waals surface area contributed by atoms with Crippen LogP contribution in [0.25, 0.3) is 0 Å². The van der Waals surface area contributed by atoms with Gasteiger partial charge in [-0.1, -0.05) is 0 Å². The SMILES string of the molecule is Cc1c(Br)c(C(O)CCO)nn1C. The zero-order chi connectivity index (χ0) is 10.0. The molecule has 1 heterocycles. The van der Waals surface area contributed by atoms with Gasteiger partial charge in [0.2, 0.25) is 0 Å². The highest BCUT2D eigenvalue weighted by atomic mass is 79.9. The Morgan fingerprint density at radius 1 is 1.62 bits per heavy atom. The van der Waals surface area contributed by atoms with Gasteiger partial charge in [0, 0.05) is 25.8 Å². The van der Waals surface area contributed by atoms with Crippen LogP contribution in [0.5, 0.6) is 0 Å². The first-order chi connectivity index (χ1) is 6.07. The van der Waals surface area contributed by atoms with Crippen molar-refractivity contribution in [3.8, 4) is 0 Å². The Labute approximate surface area is 85.3 Å². The van der Waals surface area contributed by atoms with Crippen LogP contribution in [0.1, 0.15) is 23.9 Å². The largest absolute Gasteiger partial charge is 0.396 e. The molecule has 0 saturated carbocycles. The van der Waals surface area contributed by atoms with Gasteiger partial charge >= 0.3 is 0 Å². The Balaban J connectivity index is 2.94. The normalized spacial score (nSPS) is 13.3. The molecule has 0 fully saturated rings. The van der Waals surface area contributed by atoms with Gasteiger partial charge in [-0.15, -0.1) is 0 Å². The summed E-state index contributed by atoms with van der Waals surface area (Å²) in [5.74, 6) is 0. The fourth-order valence-electron chi connectivity index (χ4n) is 1.08. The fourth-order valence-corrected chi connectivity index (χ4v) is 1.68. The molecule has 0 aliphatic carbocycles. The number of rotatable bonds is 3. The standard InChI is InChI=1S/C8H13BrN2O2/c1-5-7(9)8(10-11(5)2)6(13)3-4-12/h6,12-13H,3-4H2,1-2H3. The Kier molecular flexibility index (Phi) is 3.47. The quantitative estimate of drug-likeness (QED) is 0.836. The Morgan fingerprint density at radius 2 is 2.23 bits per heavy atom. The van der Waals surface area contributed by atoms with Crippen LogP contribution in [0, 0.1) is 6.92 Å². The van der Waals surface area contributed by atoms with Crippen LogP contribution in [-0.2, 0) is 7.05 Å². The molecule has 0 saturated heterocycles. The van der Waals surface area contributed by atoms with Crippen molar-refractivity contribution in [1.29, 1.82) is 0 Å². The third kappa shape index (κ3) is 2.10. The predicted molar refractivity (Wildman–Crippen MR) is 52.3 cm³/mol. The summed E-state index contributed by atoms with van der Waals surface area (Å²) in [4.78, 5) is 0. The molecular formula is C8H13BrN2O2. The molecule has 0 amide bonds. The van der Waals surface area contributed by atoms with E-state index in [0.29, 0.717) is 12.1 Å². The molecule has 4 nitrogen and oxygen atoms in total. The Hall–Kier alpha value is -0.390. The fraction of sp³-hybridized carbons (Fsp3) is 0.625. The van der Waals surface area contributed by atoms with Crippen LogP contribution in [0.15, 0.2) is 4.47 Å². The lowest BCUT2D eigenvalue weighted by atomic mass is 10.2. The van der Waals surface area contributed by atoms with Crippen LogP contribution < -0.4 is 0 Å². The average molecular weight is 249 g/mol. The summed E-state index contributed by atoms with van der Waals surface area (Å²) in [6.45, 7) is 1.87. The first kappa shape index (κ1) is 10.7. The second kappa shape index (κ2) is 4.21. The van der Waals surface area contributed by atoms with Gasteiger partial charge in [0.1, 0.15) is 11.8 Å². The lowest BCUT2D eigenvalue weighted by molar-refractivity contribution is 0.129. The second-order valence-corrected chi connectivity index (χ2v) is 3.73. The smallest absolute Gasteiger partial charge is 0.105 e. The van der Waals surface area contributed by atoms with Gasteiger partial charge < -0.3 is 10.2 Å². The van der Waals surface area contributed by atoms with Gasteiger partial charge in [0.25, 0.3) is 0 Å². The molecule has 5 heteroatoms. The van der Waals surface area contributed by atoms with Gasteiger partial charge in [0.15, 0.2) is 0 Å². The number of aliphatic hydroxyl groups is 2. The molecule has 0 bridgehead atoms. The van der Waals surface area contributed by atoms with E-state index in [1.165, 1.54) is 0 Å². The van der Waals surface area contributed by atoms with Crippen molar-refractivity contribution >= 4 is 15.9 Å². The van der Waals surface area contributed by atoms with E-state index in [1.807, 2.05) is 14.0 Å². The minimum atomic E-state index is -0.695. The molecule has 2 N–H and O–H groups in total. The highest BCUT2D eigenvalue weighted by molar-refractivity contribution is 9.10. The van der Waals surface area contributed by atoms with Crippen molar-refractivity contribution in [2.75, 3.05) is 6.61 Å². The van der Waals surface area contributed by atoms with Crippen molar-refractivity contribution in [1.82, 2.24) is 9.78 Å². The van der Waals surface area contributed by atoms with Gasteiger partial charge in [0.05, 0.1) is 4.47 Å². The summed E-state index contributed by atoms with van der Waals surface area (Å²) in [5, 5.41) is 22.4. The maximum Gasteiger partial charge on any atom is 0.105 e. The third-order valence-corrected chi connectivity index (χ3v) is 2.98. The third-order valence-electron chi connectivity index (χ3n) is 2.00. The predicted octanol–water partition coefficient (Wildman–Crippen LogP) is 0.907. The van der Waals surface area contributed by atoms with Gasteiger partial charge in [-0.2, -0.15) is 5.10 Å². The van der Waals surface area contributed by atoms with E-state index >= 15 is 0 Å². The topological polar surface area (TPSA) is 58.3 Å². The summed E-state index contributed by atoms with van der Waals surface area (Å²) < 4.78 is 2.51. The maximum absolute atomic E-state index is 9.57. The zero-order valence-electron chi connectivity index (χ0n) is 7.66. The van der Waals surface area contributed by atoms with E-state index < -0.39 is 6.10 Å². The Bertz CT molecular complexity index is 299. The monoisotopic (exact) mass is 248 g/mol. The van der Waals surface area contributed by atoms with Crippen LogP contribution >= 0.6 is 15.9 Å². The highest BCUT2D eigenvalue weighted by Gasteiger charge is 2.17. The van der Waals surface area contributed by atoms with E-state index in [4.69, 9.17) is 5.11 Å². The molecule has 0 aliphatic heterocycles. The minimum absolute atomic E-state index is 0.0385. The van der Waals surface area contributed by atoms with Crippen LogP contribution in [0.2, 0.25) is 0 Å². The number of aryl methyl sites for hydroxylation is 1. The minimum Gasteiger partial charge on any atom is -0.396 e. The molecule has 0 aliphatic rings. The van der Waals surface area contributed by atoms with E-state index in [0.717, 1.165) is 10.2 Å². The number of aliphatic hydroxyl groups excluding tert-OH is 2. The van der Waals surface area contributed by atoms with E-state index in [1.54, 1.807) is 4.68 Å². The number of aromatic nitrogens is 2. The summed E-state index contributed by atoms with van der Waals surface area (Å²) >= 11 is 3.35. The van der Waals surface area contributed by atoms with Crippen LogP contribution in [-0.4, -0.2) is 26.6 Å². The molecule has 1 atom stereocenters. The first-order valence-corrected chi connectivity index (χ1v) is 4.85. The van der Waals surface area contributed by atoms with Gasteiger partial charge in [-0.3, -0.25) is 4.68 Å². The highest BCUT2D eigenvalue weighted by Crippen LogP contribution is 2.26. The lowest BCUT2D eigenvalue weighted by Gasteiger charge is -2.04. The van der Waals surface area contributed by atoms with E-state index in [2.05, 4.69) is 21.0 Å². The molecule has 0 aromatic carbocycles. The van der Waals surface area contributed by atoms with Crippen molar-refractivity contribution in [2.24, 2.45) is 7.05 Å². The average Bonchev–Trinajstić information content (AvgIpc) is 2.33. The number of halogens is 1. The second-order valence-electron chi connectivity index (χ2n) is 2.94. The van der Waals surface area contributed by atoms with Crippen molar-refractivity contribution in [3.63, 3.8) is 0 Å². The van der Waals surface area contributed by atoms with Crippen molar-refractivity contribution < 1.29 is 10.2 Å². The van der Waals surface area contributed by atoms with Crippen LogP contribution in [0.3, 0.4) is 0 Å². The lowest BCUT2D eigenvalue weighted by Crippen LogP contribution is -2.02. The van der Waals surface area contributed by atoms with Crippen LogP contribution in [0.4, 0.5) is 0 Å². The summed E-state index contributed by atoms with van der Waals surface area (Å²) in [5.41, 5.74) is 1.56.